The molecule has 0 saturated carbocycles. The fraction of sp³-hybridized carbons (Fsp3) is 0.462. The van der Waals surface area contributed by atoms with E-state index < -0.39 is 6.09 Å². The van der Waals surface area contributed by atoms with Crippen LogP contribution in [0.3, 0.4) is 0 Å². The third-order valence-corrected chi connectivity index (χ3v) is 2.32. The first-order chi connectivity index (χ1) is 9.13. The molecule has 1 aromatic heterocycles. The van der Waals surface area contributed by atoms with Crippen molar-refractivity contribution < 1.29 is 19.1 Å². The van der Waals surface area contributed by atoms with Gasteiger partial charge in [-0.1, -0.05) is 6.07 Å². The molecule has 0 radical (unpaired) electrons. The van der Waals surface area contributed by atoms with E-state index in [9.17, 15) is 9.59 Å². The van der Waals surface area contributed by atoms with Crippen LogP contribution in [0.1, 0.15) is 22.6 Å². The van der Waals surface area contributed by atoms with E-state index in [0.717, 1.165) is 5.69 Å². The van der Waals surface area contributed by atoms with Crippen molar-refractivity contribution in [1.29, 1.82) is 0 Å². The molecule has 0 aromatic carbocycles. The van der Waals surface area contributed by atoms with Crippen molar-refractivity contribution in [2.45, 2.75) is 13.3 Å². The predicted octanol–water partition coefficient (Wildman–Crippen LogP) is 1.34. The first-order valence-corrected chi connectivity index (χ1v) is 6.00. The molecule has 1 N–H and O–H groups in total. The maximum atomic E-state index is 11.8. The van der Waals surface area contributed by atoms with E-state index in [0.29, 0.717) is 12.3 Å². The van der Waals surface area contributed by atoms with Crippen LogP contribution in [-0.2, 0) is 9.47 Å². The number of nitrogens with zero attached hydrogens (tertiary/aromatic N) is 1. The number of aromatic nitrogens is 1. The van der Waals surface area contributed by atoms with Crippen LogP contribution in [0.4, 0.5) is 4.79 Å². The average Bonchev–Trinajstić information content (AvgIpc) is 2.39. The molecule has 6 nitrogen and oxygen atoms in total. The number of nitrogens with one attached hydrogen (secondary N) is 1. The van der Waals surface area contributed by atoms with Gasteiger partial charge in [0, 0.05) is 25.8 Å². The van der Waals surface area contributed by atoms with Gasteiger partial charge < -0.3 is 14.8 Å². The molecule has 0 unspecified atom stereocenters. The smallest absolute Gasteiger partial charge is 0.407 e. The van der Waals surface area contributed by atoms with E-state index in [1.54, 1.807) is 12.1 Å². The summed E-state index contributed by atoms with van der Waals surface area (Å²) in [5.41, 5.74) is 1.20. The standard InChI is InChI=1S/C13H18N2O4/c1-10-4-3-5-11(15-10)12(16)6-7-14-13(17)19-9-8-18-2/h3-5H,6-9H2,1-2H3,(H,14,17). The number of carbonyl (C=O) groups excluding carboxylic acids is 2. The molecule has 0 saturated heterocycles. The molecule has 0 aliphatic heterocycles. The Morgan fingerprint density at radius 1 is 1.32 bits per heavy atom. The fourth-order valence-electron chi connectivity index (χ4n) is 1.37. The van der Waals surface area contributed by atoms with Crippen molar-refractivity contribution >= 4 is 11.9 Å². The van der Waals surface area contributed by atoms with Crippen LogP contribution in [0.5, 0.6) is 0 Å². The third kappa shape index (κ3) is 5.96. The van der Waals surface area contributed by atoms with Crippen LogP contribution in [0, 0.1) is 6.92 Å². The highest BCUT2D eigenvalue weighted by atomic mass is 16.6. The number of Topliss-reactive ketones (excluding diaryl/α,β-unsaturated/α-hetero) is 1. The molecule has 19 heavy (non-hydrogen) atoms. The molecule has 0 aliphatic rings. The number of rotatable bonds is 7. The van der Waals surface area contributed by atoms with Crippen molar-refractivity contribution in [2.24, 2.45) is 0 Å². The number of carbonyl (C=O) groups is 2. The van der Waals surface area contributed by atoms with Gasteiger partial charge >= 0.3 is 6.09 Å². The minimum absolute atomic E-state index is 0.110. The van der Waals surface area contributed by atoms with Crippen LogP contribution in [0.15, 0.2) is 18.2 Å². The van der Waals surface area contributed by atoms with Gasteiger partial charge in [0.2, 0.25) is 0 Å². The molecular weight excluding hydrogens is 248 g/mol. The van der Waals surface area contributed by atoms with Gasteiger partial charge in [-0.05, 0) is 19.1 Å². The van der Waals surface area contributed by atoms with Gasteiger partial charge in [0.25, 0.3) is 0 Å². The molecule has 0 spiro atoms. The largest absolute Gasteiger partial charge is 0.447 e. The van der Waals surface area contributed by atoms with Crippen LogP contribution in [0.25, 0.3) is 0 Å². The summed E-state index contributed by atoms with van der Waals surface area (Å²) in [6.45, 7) is 2.58. The lowest BCUT2D eigenvalue weighted by molar-refractivity contribution is 0.0950. The summed E-state index contributed by atoms with van der Waals surface area (Å²) in [6.07, 6.45) is -0.363. The highest BCUT2D eigenvalue weighted by Gasteiger charge is 2.08. The Balaban J connectivity index is 2.25. The Morgan fingerprint density at radius 3 is 2.79 bits per heavy atom. The average molecular weight is 266 g/mol. The number of amides is 1. The van der Waals surface area contributed by atoms with Crippen LogP contribution >= 0.6 is 0 Å². The highest BCUT2D eigenvalue weighted by Crippen LogP contribution is 2.01. The van der Waals surface area contributed by atoms with Crippen molar-refractivity contribution in [3.05, 3.63) is 29.6 Å². The lowest BCUT2D eigenvalue weighted by Crippen LogP contribution is -2.28. The van der Waals surface area contributed by atoms with Gasteiger partial charge in [0.1, 0.15) is 12.3 Å². The normalized spacial score (nSPS) is 10.0. The van der Waals surface area contributed by atoms with Crippen molar-refractivity contribution in [3.63, 3.8) is 0 Å². The summed E-state index contributed by atoms with van der Waals surface area (Å²) in [7, 11) is 1.52. The minimum atomic E-state index is -0.554. The van der Waals surface area contributed by atoms with E-state index in [2.05, 4.69) is 10.3 Å². The third-order valence-electron chi connectivity index (χ3n) is 2.32. The molecule has 0 aliphatic carbocycles. The molecule has 1 aromatic rings. The van der Waals surface area contributed by atoms with Gasteiger partial charge in [0.15, 0.2) is 5.78 Å². The summed E-state index contributed by atoms with van der Waals surface area (Å²) in [4.78, 5) is 27.1. The number of methoxy groups -OCH3 is 1. The number of alkyl carbamates (subject to hydrolysis) is 1. The second-order valence-electron chi connectivity index (χ2n) is 3.89. The highest BCUT2D eigenvalue weighted by molar-refractivity contribution is 5.94. The number of ketones is 1. The Kier molecular flexibility index (Phi) is 6.52. The van der Waals surface area contributed by atoms with Crippen molar-refractivity contribution in [1.82, 2.24) is 10.3 Å². The van der Waals surface area contributed by atoms with Crippen LogP contribution in [0.2, 0.25) is 0 Å². The maximum Gasteiger partial charge on any atom is 0.407 e. The van der Waals surface area contributed by atoms with E-state index >= 15 is 0 Å². The van der Waals surface area contributed by atoms with E-state index in [-0.39, 0.29) is 25.4 Å². The lowest BCUT2D eigenvalue weighted by atomic mass is 10.2. The molecule has 0 bridgehead atoms. The van der Waals surface area contributed by atoms with Crippen molar-refractivity contribution in [3.8, 4) is 0 Å². The zero-order valence-corrected chi connectivity index (χ0v) is 11.1. The molecule has 1 heterocycles. The lowest BCUT2D eigenvalue weighted by Gasteiger charge is -2.06. The number of aryl methyl sites for hydroxylation is 1. The molecule has 6 heteroatoms. The first kappa shape index (κ1) is 15.1. The monoisotopic (exact) mass is 266 g/mol. The summed E-state index contributed by atoms with van der Waals surface area (Å²) in [6, 6.07) is 5.26. The number of pyridine rings is 1. The molecule has 1 rings (SSSR count). The van der Waals surface area contributed by atoms with Crippen molar-refractivity contribution in [2.75, 3.05) is 26.9 Å². The molecule has 104 valence electrons. The van der Waals surface area contributed by atoms with Gasteiger partial charge in [-0.25, -0.2) is 4.79 Å². The first-order valence-electron chi connectivity index (χ1n) is 6.00. The fourth-order valence-corrected chi connectivity index (χ4v) is 1.37. The molecule has 0 fully saturated rings. The Morgan fingerprint density at radius 2 is 2.11 bits per heavy atom. The second kappa shape index (κ2) is 8.20. The zero-order chi connectivity index (χ0) is 14.1. The number of hydrogen-bond acceptors (Lipinski definition) is 5. The van der Waals surface area contributed by atoms with E-state index in [4.69, 9.17) is 9.47 Å². The zero-order valence-electron chi connectivity index (χ0n) is 11.1. The SMILES string of the molecule is COCCOC(=O)NCCC(=O)c1cccc(C)n1. The summed E-state index contributed by atoms with van der Waals surface area (Å²) < 4.78 is 9.52. The minimum Gasteiger partial charge on any atom is -0.447 e. The number of hydrogen-bond donors (Lipinski definition) is 1. The van der Waals surface area contributed by atoms with Crippen LogP contribution in [-0.4, -0.2) is 43.7 Å². The summed E-state index contributed by atoms with van der Waals surface area (Å²) >= 11 is 0. The van der Waals surface area contributed by atoms with Crippen LogP contribution < -0.4 is 5.32 Å². The predicted molar refractivity (Wildman–Crippen MR) is 69.1 cm³/mol. The number of ether oxygens (including phenoxy) is 2. The summed E-state index contributed by atoms with van der Waals surface area (Å²) in [5, 5.41) is 2.49. The second-order valence-corrected chi connectivity index (χ2v) is 3.89. The Labute approximate surface area is 112 Å². The van der Waals surface area contributed by atoms with Gasteiger partial charge in [0.05, 0.1) is 6.61 Å². The van der Waals surface area contributed by atoms with E-state index in [1.165, 1.54) is 7.11 Å². The van der Waals surface area contributed by atoms with Gasteiger partial charge in [-0.2, -0.15) is 0 Å². The quantitative estimate of drug-likeness (QED) is 0.595. The Bertz CT molecular complexity index is 434. The topological polar surface area (TPSA) is 77.5 Å². The maximum absolute atomic E-state index is 11.8. The molecular formula is C13H18N2O4. The molecule has 0 atom stereocenters. The molecule has 1 amide bonds. The van der Waals surface area contributed by atoms with Gasteiger partial charge in [-0.15, -0.1) is 0 Å². The summed E-state index contributed by atoms with van der Waals surface area (Å²) in [5.74, 6) is -0.110. The van der Waals surface area contributed by atoms with E-state index in [1.807, 2.05) is 13.0 Å². The Hall–Kier alpha value is -1.95. The van der Waals surface area contributed by atoms with Gasteiger partial charge in [-0.3, -0.25) is 9.78 Å².